The van der Waals surface area contributed by atoms with E-state index in [1.54, 1.807) is 0 Å². The first-order valence-electron chi connectivity index (χ1n) is 6.92. The van der Waals surface area contributed by atoms with Crippen molar-refractivity contribution in [3.63, 3.8) is 0 Å². The molecule has 0 aliphatic rings. The van der Waals surface area contributed by atoms with Gasteiger partial charge in [-0.25, -0.2) is 0 Å². The van der Waals surface area contributed by atoms with E-state index < -0.39 is 14.4 Å². The second kappa shape index (κ2) is 8.80. The van der Waals surface area contributed by atoms with Gasteiger partial charge in [0.2, 0.25) is 0 Å². The average Bonchev–Trinajstić information content (AvgIpc) is 2.43. The Balaban J connectivity index is 0.00000242. The van der Waals surface area contributed by atoms with Crippen LogP contribution in [0.4, 0.5) is 0 Å². The zero-order valence-corrected chi connectivity index (χ0v) is 16.7. The normalized spacial score (nSPS) is 10.8. The number of rotatable bonds is 5. The number of halogens is 1. The average molecular weight is 378 g/mol. The van der Waals surface area contributed by atoms with Gasteiger partial charge in [-0.15, -0.1) is 12.4 Å². The molecular formula is C17H23ClCrO2P. The minimum absolute atomic E-state index is 0. The summed E-state index contributed by atoms with van der Waals surface area (Å²) in [5.41, 5.74) is 4.86. The molecule has 0 heterocycles. The standard InChI is InChI=1S/2C8H10O.CH4P.ClH.Cr/c2*1-6-3-4-8(9)7(2)5-6;1-2;;/h2*3-5,9H,1-2H3;2H,1H3;1H;/q;;-1;;+3/p-2. The van der Waals surface area contributed by atoms with E-state index in [0.29, 0.717) is 7.23 Å². The van der Waals surface area contributed by atoms with Gasteiger partial charge in [-0.05, 0) is 0 Å². The van der Waals surface area contributed by atoms with Gasteiger partial charge in [-0.1, -0.05) is 0 Å². The van der Waals surface area contributed by atoms with Gasteiger partial charge in [0.15, 0.2) is 0 Å². The fraction of sp³-hybridized carbons (Fsp3) is 0.294. The van der Waals surface area contributed by atoms with E-state index >= 15 is 0 Å². The maximum absolute atomic E-state index is 6.15. The van der Waals surface area contributed by atoms with Gasteiger partial charge in [0.05, 0.1) is 0 Å². The molecule has 2 nitrogen and oxygen atoms in total. The molecule has 0 saturated carbocycles. The Morgan fingerprint density at radius 1 is 0.773 bits per heavy atom. The van der Waals surface area contributed by atoms with Crippen molar-refractivity contribution in [2.45, 2.75) is 27.7 Å². The van der Waals surface area contributed by atoms with Gasteiger partial charge in [0.1, 0.15) is 0 Å². The van der Waals surface area contributed by atoms with Gasteiger partial charge in [0, 0.05) is 0 Å². The maximum atomic E-state index is 6.15. The van der Waals surface area contributed by atoms with Crippen LogP contribution in [-0.4, -0.2) is 6.66 Å². The first-order chi connectivity index (χ1) is 9.99. The largest absolute Gasteiger partial charge is 0.147 e. The van der Waals surface area contributed by atoms with Gasteiger partial charge in [0.25, 0.3) is 0 Å². The summed E-state index contributed by atoms with van der Waals surface area (Å²) in [6.07, 6.45) is 0. The van der Waals surface area contributed by atoms with E-state index in [1.165, 1.54) is 22.3 Å². The fourth-order valence-electron chi connectivity index (χ4n) is 2.05. The van der Waals surface area contributed by atoms with Crippen LogP contribution < -0.4 is 7.58 Å². The summed E-state index contributed by atoms with van der Waals surface area (Å²) in [4.78, 5) is 0. The van der Waals surface area contributed by atoms with Crippen LogP contribution >= 0.6 is 19.6 Å². The molecule has 0 spiro atoms. The van der Waals surface area contributed by atoms with E-state index in [2.05, 4.69) is 58.6 Å². The minimum atomic E-state index is -1.58. The maximum Gasteiger partial charge on any atom is -0.147 e. The molecule has 0 aliphatic carbocycles. The summed E-state index contributed by atoms with van der Waals surface area (Å²) in [6.45, 7) is 10.5. The summed E-state index contributed by atoms with van der Waals surface area (Å²) in [5.74, 6) is 1.90. The van der Waals surface area contributed by atoms with Crippen molar-refractivity contribution < 1.29 is 21.9 Å². The van der Waals surface area contributed by atoms with Crippen LogP contribution in [0.25, 0.3) is 0 Å². The summed E-state index contributed by atoms with van der Waals surface area (Å²) >= 11 is -1.58. The van der Waals surface area contributed by atoms with E-state index in [9.17, 15) is 0 Å². The monoisotopic (exact) mass is 377 g/mol. The molecule has 0 N–H and O–H groups in total. The van der Waals surface area contributed by atoms with E-state index in [4.69, 9.17) is 7.58 Å². The summed E-state index contributed by atoms with van der Waals surface area (Å²) in [6, 6.07) is 12.6. The van der Waals surface area contributed by atoms with Crippen molar-refractivity contribution in [1.82, 2.24) is 0 Å². The van der Waals surface area contributed by atoms with Crippen molar-refractivity contribution in [1.29, 1.82) is 0 Å². The van der Waals surface area contributed by atoms with Gasteiger partial charge in [-0.2, -0.15) is 0 Å². The third kappa shape index (κ3) is 5.18. The van der Waals surface area contributed by atoms with Crippen LogP contribution in [-0.2, 0) is 14.4 Å². The Labute approximate surface area is 146 Å². The predicted octanol–water partition coefficient (Wildman–Crippen LogP) is 5.47. The zero-order valence-electron chi connectivity index (χ0n) is 13.6. The molecule has 0 aliphatic heterocycles. The van der Waals surface area contributed by atoms with Crippen LogP contribution in [0.15, 0.2) is 36.4 Å². The first-order valence-corrected chi connectivity index (χ1v) is 11.3. The Kier molecular flexibility index (Phi) is 7.74. The summed E-state index contributed by atoms with van der Waals surface area (Å²) in [7, 11) is 0.668. The topological polar surface area (TPSA) is 18.5 Å². The van der Waals surface area contributed by atoms with Crippen molar-refractivity contribution >= 4 is 19.6 Å². The van der Waals surface area contributed by atoms with Gasteiger partial charge < -0.3 is 0 Å². The molecule has 2 aromatic carbocycles. The number of hydrogen-bond acceptors (Lipinski definition) is 2. The second-order valence-corrected chi connectivity index (χ2v) is 10.1. The molecule has 0 amide bonds. The Morgan fingerprint density at radius 2 is 1.18 bits per heavy atom. The molecule has 0 radical (unpaired) electrons. The number of hydrogen-bond donors (Lipinski definition) is 0. The molecule has 22 heavy (non-hydrogen) atoms. The van der Waals surface area contributed by atoms with Crippen LogP contribution in [0.3, 0.4) is 0 Å². The SMILES string of the molecule is C[PH][Cr]([O]c1ccc(C)cc1C)[O]c1ccc(C)cc1C.Cl. The van der Waals surface area contributed by atoms with E-state index in [0.717, 1.165) is 11.5 Å². The molecule has 2 aromatic rings. The Hall–Kier alpha value is -0.708. The summed E-state index contributed by atoms with van der Waals surface area (Å²) < 4.78 is 12.3. The third-order valence-corrected chi connectivity index (χ3v) is 6.77. The van der Waals surface area contributed by atoms with Gasteiger partial charge in [-0.3, -0.25) is 0 Å². The number of aryl methyl sites for hydroxylation is 4. The Bertz CT molecular complexity index is 581. The zero-order chi connectivity index (χ0) is 15.4. The van der Waals surface area contributed by atoms with Crippen LogP contribution in [0, 0.1) is 27.7 Å². The minimum Gasteiger partial charge on any atom is -0.147 e. The summed E-state index contributed by atoms with van der Waals surface area (Å²) in [5, 5.41) is 0. The molecule has 0 aromatic heterocycles. The quantitative estimate of drug-likeness (QED) is 0.643. The third-order valence-electron chi connectivity index (χ3n) is 3.16. The molecule has 0 fully saturated rings. The van der Waals surface area contributed by atoms with Crippen LogP contribution in [0.2, 0.25) is 0 Å². The van der Waals surface area contributed by atoms with Crippen LogP contribution in [0.5, 0.6) is 11.5 Å². The molecule has 121 valence electrons. The molecule has 5 heteroatoms. The van der Waals surface area contributed by atoms with E-state index in [1.807, 2.05) is 12.1 Å². The van der Waals surface area contributed by atoms with Crippen molar-refractivity contribution in [3.8, 4) is 11.5 Å². The molecular weight excluding hydrogens is 355 g/mol. The van der Waals surface area contributed by atoms with Crippen molar-refractivity contribution in [2.75, 3.05) is 6.66 Å². The second-order valence-electron chi connectivity index (χ2n) is 5.14. The first kappa shape index (κ1) is 19.3. The molecule has 1 unspecified atom stereocenters. The number of benzene rings is 2. The predicted molar refractivity (Wildman–Crippen MR) is 94.6 cm³/mol. The van der Waals surface area contributed by atoms with Crippen molar-refractivity contribution in [3.05, 3.63) is 58.7 Å². The Morgan fingerprint density at radius 3 is 1.50 bits per heavy atom. The molecule has 1 atom stereocenters. The molecule has 2 rings (SSSR count). The van der Waals surface area contributed by atoms with E-state index in [-0.39, 0.29) is 12.4 Å². The molecule has 0 saturated heterocycles. The smallest absolute Gasteiger partial charge is 0.147 e. The van der Waals surface area contributed by atoms with Crippen LogP contribution in [0.1, 0.15) is 22.3 Å². The molecule has 0 bridgehead atoms. The van der Waals surface area contributed by atoms with Gasteiger partial charge >= 0.3 is 134 Å². The van der Waals surface area contributed by atoms with Crippen molar-refractivity contribution in [2.24, 2.45) is 0 Å². The fourth-order valence-corrected chi connectivity index (χ4v) is 4.88.